The zero-order chi connectivity index (χ0) is 16.5. The van der Waals surface area contributed by atoms with Crippen LogP contribution in [0.2, 0.25) is 0 Å². The number of benzene rings is 1. The van der Waals surface area contributed by atoms with E-state index < -0.39 is 37.4 Å². The Balaban J connectivity index is 3.40. The lowest BCUT2D eigenvalue weighted by Crippen LogP contribution is -2.43. The Bertz CT molecular complexity index is 642. The van der Waals surface area contributed by atoms with Crippen molar-refractivity contribution in [2.75, 3.05) is 5.32 Å². The summed E-state index contributed by atoms with van der Waals surface area (Å²) in [5, 5.41) is 11.5. The minimum absolute atomic E-state index is 0.0444. The van der Waals surface area contributed by atoms with Crippen molar-refractivity contribution in [2.24, 2.45) is 0 Å². The molecule has 0 aliphatic rings. The lowest BCUT2D eigenvalue weighted by molar-refractivity contribution is -0.141. The summed E-state index contributed by atoms with van der Waals surface area (Å²) in [5.74, 6) is -1.30. The molecular formula is C12H14F3NO4S. The molecule has 1 aromatic rings. The van der Waals surface area contributed by atoms with Crippen molar-refractivity contribution in [1.82, 2.24) is 0 Å². The molecule has 0 amide bonds. The smallest absolute Gasteiger partial charge is 0.480 e. The van der Waals surface area contributed by atoms with Crippen LogP contribution in [0.15, 0.2) is 29.2 Å². The molecule has 5 nitrogen and oxygen atoms in total. The third kappa shape index (κ3) is 3.29. The summed E-state index contributed by atoms with van der Waals surface area (Å²) in [6.07, 6.45) is 0.0444. The molecular weight excluding hydrogens is 311 g/mol. The summed E-state index contributed by atoms with van der Waals surface area (Å²) >= 11 is 0. The number of rotatable bonds is 5. The standard InChI is InChI=1S/C12H14F3NO4S/c1-3-11(2,10(17)18)16-8-6-4-5-7-9(8)21(19,20)12(13,14)15/h4-7,16H,3H2,1-2H3,(H,17,18). The van der Waals surface area contributed by atoms with Gasteiger partial charge in [0.25, 0.3) is 9.84 Å². The summed E-state index contributed by atoms with van der Waals surface area (Å²) < 4.78 is 60.9. The molecule has 0 aliphatic heterocycles. The zero-order valence-electron chi connectivity index (χ0n) is 11.2. The second-order valence-corrected chi connectivity index (χ2v) is 6.47. The fourth-order valence-electron chi connectivity index (χ4n) is 1.52. The Morgan fingerprint density at radius 1 is 1.29 bits per heavy atom. The van der Waals surface area contributed by atoms with Crippen LogP contribution in [-0.4, -0.2) is 30.5 Å². The Morgan fingerprint density at radius 2 is 1.81 bits per heavy atom. The number of para-hydroxylation sites is 1. The first kappa shape index (κ1) is 17.3. The van der Waals surface area contributed by atoms with Crippen molar-refractivity contribution in [3.63, 3.8) is 0 Å². The van der Waals surface area contributed by atoms with Gasteiger partial charge in [0.2, 0.25) is 0 Å². The van der Waals surface area contributed by atoms with Crippen molar-refractivity contribution in [2.45, 2.75) is 36.2 Å². The van der Waals surface area contributed by atoms with Crippen molar-refractivity contribution in [3.05, 3.63) is 24.3 Å². The molecule has 21 heavy (non-hydrogen) atoms. The molecule has 0 aromatic heterocycles. The van der Waals surface area contributed by atoms with Gasteiger partial charge >= 0.3 is 11.5 Å². The van der Waals surface area contributed by atoms with Crippen LogP contribution < -0.4 is 5.32 Å². The summed E-state index contributed by atoms with van der Waals surface area (Å²) in [5.41, 5.74) is -7.45. The third-order valence-electron chi connectivity index (χ3n) is 3.07. The van der Waals surface area contributed by atoms with Crippen molar-refractivity contribution in [3.8, 4) is 0 Å². The normalized spacial score (nSPS) is 15.3. The topological polar surface area (TPSA) is 83.5 Å². The van der Waals surface area contributed by atoms with E-state index in [9.17, 15) is 26.4 Å². The number of alkyl halides is 3. The van der Waals surface area contributed by atoms with Gasteiger partial charge in [-0.3, -0.25) is 0 Å². The fourth-order valence-corrected chi connectivity index (χ4v) is 2.43. The molecule has 0 saturated heterocycles. The van der Waals surface area contributed by atoms with Gasteiger partial charge in [0.15, 0.2) is 0 Å². The number of hydrogen-bond donors (Lipinski definition) is 2. The molecule has 0 heterocycles. The average molecular weight is 325 g/mol. The predicted octanol–water partition coefficient (Wildman–Crippen LogP) is 2.65. The zero-order valence-corrected chi connectivity index (χ0v) is 12.0. The molecule has 1 atom stereocenters. The second kappa shape index (κ2) is 5.55. The van der Waals surface area contributed by atoms with Crippen molar-refractivity contribution >= 4 is 21.5 Å². The highest BCUT2D eigenvalue weighted by molar-refractivity contribution is 7.92. The van der Waals surface area contributed by atoms with Gasteiger partial charge in [0.05, 0.1) is 10.6 Å². The molecule has 0 radical (unpaired) electrons. The monoisotopic (exact) mass is 325 g/mol. The Kier molecular flexibility index (Phi) is 4.57. The van der Waals surface area contributed by atoms with E-state index in [2.05, 4.69) is 5.32 Å². The Morgan fingerprint density at radius 3 is 2.24 bits per heavy atom. The van der Waals surface area contributed by atoms with Gasteiger partial charge in [-0.2, -0.15) is 13.2 Å². The van der Waals surface area contributed by atoms with Gasteiger partial charge in [0, 0.05) is 0 Å². The molecule has 0 saturated carbocycles. The SMILES string of the molecule is CCC(C)(Nc1ccccc1S(=O)(=O)C(F)(F)F)C(=O)O. The van der Waals surface area contributed by atoms with E-state index >= 15 is 0 Å². The van der Waals surface area contributed by atoms with Crippen molar-refractivity contribution in [1.29, 1.82) is 0 Å². The molecule has 0 spiro atoms. The Hall–Kier alpha value is -1.77. The predicted molar refractivity (Wildman–Crippen MR) is 69.6 cm³/mol. The van der Waals surface area contributed by atoms with Gasteiger partial charge in [0.1, 0.15) is 5.54 Å². The molecule has 1 unspecified atom stereocenters. The number of halogens is 3. The first-order valence-electron chi connectivity index (χ1n) is 5.87. The fraction of sp³-hybridized carbons (Fsp3) is 0.417. The van der Waals surface area contributed by atoms with E-state index in [0.29, 0.717) is 0 Å². The van der Waals surface area contributed by atoms with E-state index in [0.717, 1.165) is 18.2 Å². The maximum Gasteiger partial charge on any atom is 0.501 e. The van der Waals surface area contributed by atoms with Crippen LogP contribution in [0.4, 0.5) is 18.9 Å². The number of aliphatic carboxylic acids is 1. The highest BCUT2D eigenvalue weighted by Gasteiger charge is 2.48. The first-order chi connectivity index (χ1) is 9.45. The number of carboxylic acid groups (broad SMARTS) is 1. The van der Waals surface area contributed by atoms with Crippen LogP contribution in [0.5, 0.6) is 0 Å². The molecule has 9 heteroatoms. The van der Waals surface area contributed by atoms with Gasteiger partial charge in [-0.15, -0.1) is 0 Å². The van der Waals surface area contributed by atoms with Crippen LogP contribution in [0.3, 0.4) is 0 Å². The summed E-state index contributed by atoms with van der Waals surface area (Å²) in [7, 11) is -5.57. The average Bonchev–Trinajstić information content (AvgIpc) is 2.37. The number of nitrogens with one attached hydrogen (secondary N) is 1. The number of carboxylic acids is 1. The van der Waals surface area contributed by atoms with Gasteiger partial charge in [-0.1, -0.05) is 19.1 Å². The highest BCUT2D eigenvalue weighted by atomic mass is 32.2. The van der Waals surface area contributed by atoms with Crippen LogP contribution in [0.25, 0.3) is 0 Å². The van der Waals surface area contributed by atoms with Crippen LogP contribution >= 0.6 is 0 Å². The molecule has 1 aromatic carbocycles. The number of sulfone groups is 1. The number of anilines is 1. The number of hydrogen-bond acceptors (Lipinski definition) is 4. The van der Waals surface area contributed by atoms with Crippen LogP contribution in [0, 0.1) is 0 Å². The van der Waals surface area contributed by atoms with Gasteiger partial charge in [-0.25, -0.2) is 13.2 Å². The van der Waals surface area contributed by atoms with Crippen LogP contribution in [-0.2, 0) is 14.6 Å². The van der Waals surface area contributed by atoms with E-state index in [1.165, 1.54) is 19.9 Å². The van der Waals surface area contributed by atoms with E-state index in [1.807, 2.05) is 0 Å². The quantitative estimate of drug-likeness (QED) is 0.869. The van der Waals surface area contributed by atoms with E-state index in [-0.39, 0.29) is 6.42 Å². The molecule has 2 N–H and O–H groups in total. The minimum atomic E-state index is -5.57. The van der Waals surface area contributed by atoms with Crippen LogP contribution in [0.1, 0.15) is 20.3 Å². The van der Waals surface area contributed by atoms with Gasteiger partial charge < -0.3 is 10.4 Å². The highest BCUT2D eigenvalue weighted by Crippen LogP contribution is 2.35. The lowest BCUT2D eigenvalue weighted by Gasteiger charge is -2.27. The maximum atomic E-state index is 12.6. The maximum absolute atomic E-state index is 12.6. The third-order valence-corrected chi connectivity index (χ3v) is 4.62. The molecule has 0 fully saturated rings. The van der Waals surface area contributed by atoms with Gasteiger partial charge in [-0.05, 0) is 25.5 Å². The Labute approximate surface area is 119 Å². The molecule has 0 bridgehead atoms. The molecule has 0 aliphatic carbocycles. The summed E-state index contributed by atoms with van der Waals surface area (Å²) in [6.45, 7) is 2.77. The van der Waals surface area contributed by atoms with Crippen molar-refractivity contribution < 1.29 is 31.5 Å². The first-order valence-corrected chi connectivity index (χ1v) is 7.36. The largest absolute Gasteiger partial charge is 0.501 e. The second-order valence-electron chi connectivity index (χ2n) is 4.56. The van der Waals surface area contributed by atoms with E-state index in [4.69, 9.17) is 5.11 Å². The van der Waals surface area contributed by atoms with E-state index in [1.54, 1.807) is 0 Å². The molecule has 118 valence electrons. The minimum Gasteiger partial charge on any atom is -0.480 e. The molecule has 1 rings (SSSR count). The summed E-state index contributed by atoms with van der Waals surface area (Å²) in [4.78, 5) is 10.2. The summed E-state index contributed by atoms with van der Waals surface area (Å²) in [6, 6.07) is 4.32. The lowest BCUT2D eigenvalue weighted by atomic mass is 9.99. The number of carbonyl (C=O) groups is 1.